The van der Waals surface area contributed by atoms with Gasteiger partial charge in [-0.05, 0) is 31.0 Å². The normalized spacial score (nSPS) is 15.5. The summed E-state index contributed by atoms with van der Waals surface area (Å²) in [6.07, 6.45) is 5.71. The maximum atomic E-state index is 12.1. The minimum absolute atomic E-state index is 0.350. The molecule has 1 unspecified atom stereocenters. The predicted octanol–water partition coefficient (Wildman–Crippen LogP) is 3.20. The summed E-state index contributed by atoms with van der Waals surface area (Å²) < 4.78 is 6.96. The zero-order valence-corrected chi connectivity index (χ0v) is 12.4. The fourth-order valence-corrected chi connectivity index (χ4v) is 2.50. The third kappa shape index (κ3) is 3.03. The van der Waals surface area contributed by atoms with Crippen LogP contribution < -0.4 is 5.32 Å². The van der Waals surface area contributed by atoms with Crippen LogP contribution >= 0.6 is 11.6 Å². The van der Waals surface area contributed by atoms with Gasteiger partial charge in [-0.15, -0.1) is 0 Å². The second-order valence-corrected chi connectivity index (χ2v) is 5.50. The van der Waals surface area contributed by atoms with Crippen molar-refractivity contribution in [3.63, 3.8) is 0 Å². The summed E-state index contributed by atoms with van der Waals surface area (Å²) in [6, 6.07) is 7.09. The van der Waals surface area contributed by atoms with E-state index in [2.05, 4.69) is 10.3 Å². The number of rotatable bonds is 5. The molecule has 5 nitrogen and oxygen atoms in total. The average Bonchev–Trinajstić information content (AvgIpc) is 3.22. The number of benzene rings is 1. The number of anilines is 1. The second kappa shape index (κ2) is 5.77. The summed E-state index contributed by atoms with van der Waals surface area (Å²) in [5.74, 6) is -0.350. The van der Waals surface area contributed by atoms with Gasteiger partial charge in [0.25, 0.3) is 0 Å². The molecule has 1 N–H and O–H groups in total. The van der Waals surface area contributed by atoms with Crippen LogP contribution in [0.25, 0.3) is 0 Å². The van der Waals surface area contributed by atoms with Gasteiger partial charge in [-0.3, -0.25) is 0 Å². The van der Waals surface area contributed by atoms with Crippen LogP contribution in [0.15, 0.2) is 36.8 Å². The van der Waals surface area contributed by atoms with Gasteiger partial charge in [-0.1, -0.05) is 17.7 Å². The van der Waals surface area contributed by atoms with Gasteiger partial charge >= 0.3 is 5.97 Å². The number of imidazole rings is 1. The van der Waals surface area contributed by atoms with Gasteiger partial charge in [0, 0.05) is 16.8 Å². The number of nitrogens with zero attached hydrogens (tertiary/aromatic N) is 2. The van der Waals surface area contributed by atoms with E-state index in [9.17, 15) is 4.79 Å². The molecule has 0 saturated heterocycles. The van der Waals surface area contributed by atoms with E-state index < -0.39 is 6.04 Å². The van der Waals surface area contributed by atoms with E-state index in [4.69, 9.17) is 16.3 Å². The summed E-state index contributed by atoms with van der Waals surface area (Å²) in [5.41, 5.74) is 1.57. The Bertz CT molecular complexity index is 652. The standard InChI is InChI=1S/C15H16ClN3O2/c1-21-15(20)14(18-11-4-2-3-10(16)7-11)13-8-17-9-19(13)12-5-6-12/h2-4,7-9,12,14,18H,5-6H2,1H3. The topological polar surface area (TPSA) is 56.1 Å². The van der Waals surface area contributed by atoms with Crippen LogP contribution in [0.2, 0.25) is 5.02 Å². The van der Waals surface area contributed by atoms with E-state index in [0.717, 1.165) is 24.2 Å². The van der Waals surface area contributed by atoms with Crippen molar-refractivity contribution in [2.24, 2.45) is 0 Å². The Hall–Kier alpha value is -2.01. The fraction of sp³-hybridized carbons (Fsp3) is 0.333. The van der Waals surface area contributed by atoms with Crippen LogP contribution in [-0.2, 0) is 9.53 Å². The number of ether oxygens (including phenoxy) is 1. The van der Waals surface area contributed by atoms with Gasteiger partial charge < -0.3 is 14.6 Å². The van der Waals surface area contributed by atoms with Crippen molar-refractivity contribution in [3.8, 4) is 0 Å². The predicted molar refractivity (Wildman–Crippen MR) is 80.3 cm³/mol. The lowest BCUT2D eigenvalue weighted by atomic mass is 10.2. The highest BCUT2D eigenvalue weighted by atomic mass is 35.5. The molecule has 1 heterocycles. The van der Waals surface area contributed by atoms with Crippen molar-refractivity contribution in [2.45, 2.75) is 24.9 Å². The Morgan fingerprint density at radius 1 is 1.52 bits per heavy atom. The summed E-state index contributed by atoms with van der Waals surface area (Å²) in [4.78, 5) is 16.3. The molecule has 1 aliphatic carbocycles. The lowest BCUT2D eigenvalue weighted by Gasteiger charge is -2.19. The average molecular weight is 306 g/mol. The molecule has 1 aromatic heterocycles. The molecule has 2 aromatic rings. The lowest BCUT2D eigenvalue weighted by Crippen LogP contribution is -2.24. The van der Waals surface area contributed by atoms with Crippen LogP contribution in [0.5, 0.6) is 0 Å². The van der Waals surface area contributed by atoms with Crippen LogP contribution in [0.3, 0.4) is 0 Å². The number of esters is 1. The van der Waals surface area contributed by atoms with Crippen molar-refractivity contribution < 1.29 is 9.53 Å². The van der Waals surface area contributed by atoms with Crippen LogP contribution in [0.4, 0.5) is 5.69 Å². The number of carbonyl (C=O) groups is 1. The second-order valence-electron chi connectivity index (χ2n) is 5.07. The Balaban J connectivity index is 1.90. The molecule has 0 aliphatic heterocycles. The van der Waals surface area contributed by atoms with Gasteiger partial charge in [-0.25, -0.2) is 9.78 Å². The number of halogens is 1. The van der Waals surface area contributed by atoms with Gasteiger partial charge in [0.1, 0.15) is 0 Å². The molecule has 0 amide bonds. The molecular formula is C15H16ClN3O2. The first kappa shape index (κ1) is 13.9. The summed E-state index contributed by atoms with van der Waals surface area (Å²) in [5, 5.41) is 3.79. The molecule has 1 fully saturated rings. The number of nitrogens with one attached hydrogen (secondary N) is 1. The first-order valence-corrected chi connectivity index (χ1v) is 7.18. The number of methoxy groups -OCH3 is 1. The molecule has 21 heavy (non-hydrogen) atoms. The number of hydrogen-bond donors (Lipinski definition) is 1. The highest BCUT2D eigenvalue weighted by molar-refractivity contribution is 6.30. The summed E-state index contributed by atoms with van der Waals surface area (Å²) in [7, 11) is 1.38. The van der Waals surface area contributed by atoms with Gasteiger partial charge in [0.15, 0.2) is 6.04 Å². The monoisotopic (exact) mass is 305 g/mol. The maximum absolute atomic E-state index is 12.1. The van der Waals surface area contributed by atoms with Gasteiger partial charge in [0.2, 0.25) is 0 Å². The van der Waals surface area contributed by atoms with Crippen LogP contribution in [-0.4, -0.2) is 22.6 Å². The zero-order chi connectivity index (χ0) is 14.8. The van der Waals surface area contributed by atoms with E-state index >= 15 is 0 Å². The van der Waals surface area contributed by atoms with Crippen molar-refractivity contribution in [1.29, 1.82) is 0 Å². The van der Waals surface area contributed by atoms with E-state index in [0.29, 0.717) is 11.1 Å². The molecule has 1 atom stereocenters. The first-order valence-electron chi connectivity index (χ1n) is 6.80. The smallest absolute Gasteiger partial charge is 0.334 e. The third-order valence-corrected chi connectivity index (χ3v) is 3.74. The molecule has 1 aromatic carbocycles. The van der Waals surface area contributed by atoms with Crippen LogP contribution in [0.1, 0.15) is 30.6 Å². The summed E-state index contributed by atoms with van der Waals surface area (Å²) >= 11 is 5.98. The Morgan fingerprint density at radius 2 is 2.33 bits per heavy atom. The van der Waals surface area contributed by atoms with Crippen molar-refractivity contribution in [1.82, 2.24) is 9.55 Å². The molecular weight excluding hydrogens is 290 g/mol. The largest absolute Gasteiger partial charge is 0.467 e. The van der Waals surface area contributed by atoms with Crippen LogP contribution in [0, 0.1) is 0 Å². The highest BCUT2D eigenvalue weighted by Crippen LogP contribution is 2.37. The minimum Gasteiger partial charge on any atom is -0.467 e. The summed E-state index contributed by atoms with van der Waals surface area (Å²) in [6.45, 7) is 0. The van der Waals surface area contributed by atoms with E-state index in [1.165, 1.54) is 7.11 Å². The highest BCUT2D eigenvalue weighted by Gasteiger charge is 2.31. The fourth-order valence-electron chi connectivity index (χ4n) is 2.31. The Labute approximate surface area is 127 Å². The van der Waals surface area contributed by atoms with Gasteiger partial charge in [0.05, 0.1) is 25.3 Å². The van der Waals surface area contributed by atoms with Crippen molar-refractivity contribution in [3.05, 3.63) is 47.5 Å². The zero-order valence-electron chi connectivity index (χ0n) is 11.6. The number of hydrogen-bond acceptors (Lipinski definition) is 4. The van der Waals surface area contributed by atoms with Gasteiger partial charge in [-0.2, -0.15) is 0 Å². The minimum atomic E-state index is -0.600. The molecule has 6 heteroatoms. The Kier molecular flexibility index (Phi) is 3.84. The van der Waals surface area contributed by atoms with Crippen molar-refractivity contribution >= 4 is 23.3 Å². The molecule has 3 rings (SSSR count). The van der Waals surface area contributed by atoms with Crippen molar-refractivity contribution in [2.75, 3.05) is 12.4 Å². The quantitative estimate of drug-likeness (QED) is 0.862. The molecule has 110 valence electrons. The Morgan fingerprint density at radius 3 is 3.00 bits per heavy atom. The number of aromatic nitrogens is 2. The number of carbonyl (C=O) groups excluding carboxylic acids is 1. The van der Waals surface area contributed by atoms with E-state index in [1.54, 1.807) is 24.7 Å². The molecule has 1 aliphatic rings. The molecule has 1 saturated carbocycles. The maximum Gasteiger partial charge on any atom is 0.334 e. The molecule has 0 spiro atoms. The third-order valence-electron chi connectivity index (χ3n) is 3.50. The SMILES string of the molecule is COC(=O)C(Nc1cccc(Cl)c1)c1cncn1C1CC1. The first-order chi connectivity index (χ1) is 10.2. The molecule has 0 radical (unpaired) electrons. The van der Waals surface area contributed by atoms with E-state index in [1.807, 2.05) is 16.7 Å². The van der Waals surface area contributed by atoms with E-state index in [-0.39, 0.29) is 5.97 Å². The molecule has 0 bridgehead atoms. The lowest BCUT2D eigenvalue weighted by molar-refractivity contribution is -0.141.